The number of amides is 2. The van der Waals surface area contributed by atoms with Gasteiger partial charge in [0.2, 0.25) is 5.91 Å². The summed E-state index contributed by atoms with van der Waals surface area (Å²) in [5, 5.41) is 21.1. The van der Waals surface area contributed by atoms with Gasteiger partial charge in [-0.25, -0.2) is 4.79 Å². The van der Waals surface area contributed by atoms with Gasteiger partial charge in [-0.15, -0.1) is 10.2 Å². The minimum atomic E-state index is -1.10. The minimum absolute atomic E-state index is 0. The van der Waals surface area contributed by atoms with Crippen LogP contribution in [0.25, 0.3) is 5.65 Å². The molecule has 0 aliphatic carbocycles. The van der Waals surface area contributed by atoms with Gasteiger partial charge < -0.3 is 30.5 Å². The van der Waals surface area contributed by atoms with Gasteiger partial charge in [-0.1, -0.05) is 43.8 Å². The second-order valence-electron chi connectivity index (χ2n) is 9.85. The number of carbonyl (C=O) groups is 2. The summed E-state index contributed by atoms with van der Waals surface area (Å²) >= 11 is 0. The fourth-order valence-electron chi connectivity index (χ4n) is 3.95. The second-order valence-corrected chi connectivity index (χ2v) is 9.85. The van der Waals surface area contributed by atoms with Crippen LogP contribution < -0.4 is 11.1 Å². The van der Waals surface area contributed by atoms with Gasteiger partial charge in [0.05, 0.1) is 24.9 Å². The van der Waals surface area contributed by atoms with E-state index in [1.54, 1.807) is 35.4 Å². The summed E-state index contributed by atoms with van der Waals surface area (Å²) in [6.07, 6.45) is 2.09. The zero-order valence-corrected chi connectivity index (χ0v) is 21.2. The zero-order valence-electron chi connectivity index (χ0n) is 21.2. The number of carbonyl (C=O) groups excluding carboxylic acids is 2. The molecule has 0 spiro atoms. The molecule has 1 aliphatic rings. The van der Waals surface area contributed by atoms with Crippen molar-refractivity contribution in [2.24, 2.45) is 5.73 Å². The van der Waals surface area contributed by atoms with Crippen molar-refractivity contribution in [3.63, 3.8) is 0 Å². The number of ether oxygens (including phenoxy) is 2. The summed E-state index contributed by atoms with van der Waals surface area (Å²) in [6, 6.07) is 12.7. The normalized spacial score (nSPS) is 15.1. The highest BCUT2D eigenvalue weighted by molar-refractivity contribution is 5.85. The van der Waals surface area contributed by atoms with Crippen LogP contribution in [-0.4, -0.2) is 67.9 Å². The number of nitrogens with two attached hydrogens (primary N) is 1. The Morgan fingerprint density at radius 1 is 1.11 bits per heavy atom. The van der Waals surface area contributed by atoms with Crippen molar-refractivity contribution >= 4 is 17.6 Å². The Balaban J connectivity index is 0.00000400. The Morgan fingerprint density at radius 2 is 1.82 bits per heavy atom. The summed E-state index contributed by atoms with van der Waals surface area (Å²) < 4.78 is 13.2. The number of pyridine rings is 1. The Hall–Kier alpha value is -3.54. The lowest BCUT2D eigenvalue weighted by Gasteiger charge is -2.28. The van der Waals surface area contributed by atoms with E-state index >= 15 is 0 Å². The largest absolute Gasteiger partial charge is 0.444 e. The molecule has 11 nitrogen and oxygen atoms in total. The van der Waals surface area contributed by atoms with E-state index in [9.17, 15) is 14.7 Å². The molecule has 1 atom stereocenters. The predicted molar refractivity (Wildman–Crippen MR) is 142 cm³/mol. The third-order valence-corrected chi connectivity index (χ3v) is 6.17. The smallest absolute Gasteiger partial charge is 0.410 e. The molecule has 0 radical (unpaired) electrons. The average molecular weight is 527 g/mol. The van der Waals surface area contributed by atoms with Crippen molar-refractivity contribution in [2.45, 2.75) is 65.0 Å². The topological polar surface area (TPSA) is 144 Å². The maximum Gasteiger partial charge on any atom is 0.410 e. The number of benzene rings is 1. The van der Waals surface area contributed by atoms with Gasteiger partial charge in [-0.2, -0.15) is 0 Å². The van der Waals surface area contributed by atoms with E-state index < -0.39 is 17.7 Å². The third kappa shape index (κ3) is 7.50. The Morgan fingerprint density at radius 3 is 2.50 bits per heavy atom. The molecular formula is C27H38N6O5. The molecule has 3 heterocycles. The molecule has 4 N–H and O–H groups in total. The average Bonchev–Trinajstić information content (AvgIpc) is 3.30. The molecule has 1 aliphatic heterocycles. The van der Waals surface area contributed by atoms with Crippen LogP contribution in [0.5, 0.6) is 0 Å². The zero-order chi connectivity index (χ0) is 26.4. The highest BCUT2D eigenvalue weighted by Gasteiger charge is 2.28. The van der Waals surface area contributed by atoms with Crippen LogP contribution in [0, 0.1) is 0 Å². The van der Waals surface area contributed by atoms with Gasteiger partial charge in [0.25, 0.3) is 0 Å². The van der Waals surface area contributed by atoms with Crippen molar-refractivity contribution < 1.29 is 24.2 Å². The lowest BCUT2D eigenvalue weighted by Crippen LogP contribution is -2.50. The van der Waals surface area contributed by atoms with Crippen LogP contribution in [0.15, 0.2) is 48.7 Å². The summed E-state index contributed by atoms with van der Waals surface area (Å²) in [5.41, 5.74) is 7.23. The van der Waals surface area contributed by atoms with E-state index in [1.807, 2.05) is 36.4 Å². The maximum absolute atomic E-state index is 12.7. The number of piperidine rings is 1. The van der Waals surface area contributed by atoms with Gasteiger partial charge in [0.1, 0.15) is 12.6 Å². The summed E-state index contributed by atoms with van der Waals surface area (Å²) in [7, 11) is 0. The third-order valence-electron chi connectivity index (χ3n) is 6.17. The number of rotatable bonds is 9. The first-order chi connectivity index (χ1) is 17.7. The van der Waals surface area contributed by atoms with E-state index in [1.165, 1.54) is 0 Å². The van der Waals surface area contributed by atoms with Crippen LogP contribution in [-0.2, 0) is 27.5 Å². The number of hydrogen-bond acceptors (Lipinski definition) is 8. The van der Waals surface area contributed by atoms with Crippen molar-refractivity contribution in [1.29, 1.82) is 0 Å². The first-order valence-corrected chi connectivity index (χ1v) is 12.4. The van der Waals surface area contributed by atoms with Crippen LogP contribution in [0.3, 0.4) is 0 Å². The molecule has 11 heteroatoms. The monoisotopic (exact) mass is 526 g/mol. The predicted octanol–water partition coefficient (Wildman–Crippen LogP) is 2.57. The van der Waals surface area contributed by atoms with Crippen molar-refractivity contribution in [1.82, 2.24) is 24.8 Å². The number of aliphatic hydroxyl groups excluding tert-OH is 1. The number of nitrogens with zero attached hydrogens (tertiary/aromatic N) is 4. The number of aromatic nitrogens is 3. The van der Waals surface area contributed by atoms with E-state index in [4.69, 9.17) is 15.2 Å². The number of likely N-dealkylation sites (tertiary alicyclic amines) is 1. The maximum atomic E-state index is 12.7. The minimum Gasteiger partial charge on any atom is -0.444 e. The van der Waals surface area contributed by atoms with Gasteiger partial charge >= 0.3 is 6.09 Å². The highest BCUT2D eigenvalue weighted by atomic mass is 16.6. The Labute approximate surface area is 222 Å². The highest BCUT2D eigenvalue weighted by Crippen LogP contribution is 2.18. The summed E-state index contributed by atoms with van der Waals surface area (Å²) in [5.74, 6) is 0.119. The lowest BCUT2D eigenvalue weighted by atomic mass is 10.1. The van der Waals surface area contributed by atoms with Gasteiger partial charge in [-0.3, -0.25) is 9.20 Å². The Bertz CT molecular complexity index is 1200. The molecule has 1 fully saturated rings. The number of aliphatic hydroxyl groups is 1. The van der Waals surface area contributed by atoms with Crippen LogP contribution in [0.2, 0.25) is 0 Å². The van der Waals surface area contributed by atoms with Crippen LogP contribution >= 0.6 is 0 Å². The number of fused-ring (bicyclic) bond motifs is 1. The molecule has 0 bridgehead atoms. The molecule has 3 aromatic rings. The van der Waals surface area contributed by atoms with Crippen molar-refractivity contribution in [3.8, 4) is 0 Å². The van der Waals surface area contributed by atoms with Gasteiger partial charge in [0, 0.05) is 24.8 Å². The lowest BCUT2D eigenvalue weighted by molar-refractivity contribution is -0.126. The van der Waals surface area contributed by atoms with Crippen LogP contribution in [0.1, 0.15) is 57.1 Å². The molecule has 0 unspecified atom stereocenters. The molecule has 1 aromatic carbocycles. The first-order valence-electron chi connectivity index (χ1n) is 12.4. The molecule has 0 saturated carbocycles. The molecule has 2 amide bonds. The molecule has 38 heavy (non-hydrogen) atoms. The summed E-state index contributed by atoms with van der Waals surface area (Å²) in [4.78, 5) is 26.8. The molecule has 206 valence electrons. The second kappa shape index (κ2) is 12.8. The van der Waals surface area contributed by atoms with E-state index in [-0.39, 0.29) is 32.7 Å². The summed E-state index contributed by atoms with van der Waals surface area (Å²) in [6.45, 7) is 4.77. The van der Waals surface area contributed by atoms with E-state index in [0.717, 1.165) is 11.1 Å². The molecule has 4 rings (SSSR count). The molecular weight excluding hydrogens is 488 g/mol. The quantitative estimate of drug-likeness (QED) is 0.386. The standard InChI is InChI=1S/C26H34N6O5.CH4/c1-26(2,27)24(34)28-21(17-36-15-18-6-4-3-5-7-18)23-30-29-22-9-8-19(14-32(22)23)16-37-25(35)31-12-10-20(33)11-13-31;/h3-9,14,20-21,33H,10-13,15-17,27H2,1-2H3,(H,28,34);1H4/t21-;/m1./s1. The number of hydrogen-bond donors (Lipinski definition) is 3. The van der Waals surface area contributed by atoms with Crippen LogP contribution in [0.4, 0.5) is 4.79 Å². The van der Waals surface area contributed by atoms with Gasteiger partial charge in [-0.05, 0) is 38.3 Å². The fraction of sp³-hybridized carbons (Fsp3) is 0.481. The SMILES string of the molecule is C.CC(C)(N)C(=O)N[C@H](COCc1ccccc1)c1nnc2ccc(COC(=O)N3CCC(O)CC3)cn12. The van der Waals surface area contributed by atoms with Crippen molar-refractivity contribution in [3.05, 3.63) is 65.6 Å². The van der Waals surface area contributed by atoms with Crippen molar-refractivity contribution in [2.75, 3.05) is 19.7 Å². The molecule has 2 aromatic heterocycles. The molecule has 1 saturated heterocycles. The van der Waals surface area contributed by atoms with E-state index in [0.29, 0.717) is 44.0 Å². The number of nitrogens with one attached hydrogen (secondary N) is 1. The van der Waals surface area contributed by atoms with Gasteiger partial charge in [0.15, 0.2) is 11.5 Å². The first kappa shape index (κ1) is 29.0. The fourth-order valence-corrected chi connectivity index (χ4v) is 3.95. The van der Waals surface area contributed by atoms with E-state index in [2.05, 4.69) is 15.5 Å². The Kier molecular flexibility index (Phi) is 9.78.